The van der Waals surface area contributed by atoms with E-state index >= 15 is 0 Å². The largest absolute Gasteiger partial charge is 0.464 e. The van der Waals surface area contributed by atoms with Gasteiger partial charge in [0.2, 0.25) is 0 Å². The van der Waals surface area contributed by atoms with E-state index in [4.69, 9.17) is 4.42 Å². The van der Waals surface area contributed by atoms with E-state index in [0.717, 1.165) is 16.5 Å². The third-order valence-corrected chi connectivity index (χ3v) is 2.59. The molecule has 2 rings (SSSR count). The highest BCUT2D eigenvalue weighted by molar-refractivity contribution is 5.77. The zero-order chi connectivity index (χ0) is 10.7. The first kappa shape index (κ1) is 10.2. The Hall–Kier alpha value is -1.35. The summed E-state index contributed by atoms with van der Waals surface area (Å²) < 4.78 is 17.8. The molecule has 0 unspecified atom stereocenters. The molecule has 0 aliphatic heterocycles. The fourth-order valence-corrected chi connectivity index (χ4v) is 1.66. The van der Waals surface area contributed by atoms with Gasteiger partial charge in [-0.3, -0.25) is 0 Å². The topological polar surface area (TPSA) is 25.2 Å². The minimum atomic E-state index is -0.347. The quantitative estimate of drug-likeness (QED) is 0.833. The Morgan fingerprint density at radius 1 is 1.40 bits per heavy atom. The fourth-order valence-electron chi connectivity index (χ4n) is 1.66. The molecule has 0 radical (unpaired) electrons. The number of hydrogen-bond donors (Lipinski definition) is 1. The Kier molecular flexibility index (Phi) is 3.02. The normalized spacial score (nSPS) is 13.2. The summed E-state index contributed by atoms with van der Waals surface area (Å²) in [6.45, 7) is -0.347. The van der Waals surface area contributed by atoms with Gasteiger partial charge in [-0.05, 0) is 37.2 Å². The standard InChI is InChI=1S/C12H14FNO/c1-14-11(8-13)7-9-2-3-12-10(6-9)4-5-15-12/h2-6,11,14H,7-8H2,1H3/t11-/m0/s1. The molecule has 80 valence electrons. The molecule has 0 amide bonds. The molecule has 0 fully saturated rings. The van der Waals surface area contributed by atoms with Gasteiger partial charge in [-0.15, -0.1) is 0 Å². The maximum absolute atomic E-state index is 12.5. The highest BCUT2D eigenvalue weighted by Crippen LogP contribution is 2.17. The van der Waals surface area contributed by atoms with Gasteiger partial charge in [-0.25, -0.2) is 4.39 Å². The van der Waals surface area contributed by atoms with Gasteiger partial charge in [0.1, 0.15) is 12.3 Å². The van der Waals surface area contributed by atoms with E-state index in [1.165, 1.54) is 0 Å². The first-order valence-corrected chi connectivity index (χ1v) is 5.03. The smallest absolute Gasteiger partial charge is 0.133 e. The molecule has 1 aromatic heterocycles. The van der Waals surface area contributed by atoms with Crippen LogP contribution in [0.25, 0.3) is 11.0 Å². The number of alkyl halides is 1. The van der Waals surface area contributed by atoms with Crippen molar-refractivity contribution >= 4 is 11.0 Å². The molecule has 0 spiro atoms. The van der Waals surface area contributed by atoms with E-state index in [1.54, 1.807) is 13.3 Å². The summed E-state index contributed by atoms with van der Waals surface area (Å²) in [7, 11) is 1.78. The molecule has 2 aromatic rings. The van der Waals surface area contributed by atoms with Gasteiger partial charge in [-0.1, -0.05) is 6.07 Å². The average molecular weight is 207 g/mol. The SMILES string of the molecule is CN[C@H](CF)Cc1ccc2occc2c1. The molecule has 15 heavy (non-hydrogen) atoms. The van der Waals surface area contributed by atoms with Crippen molar-refractivity contribution in [2.24, 2.45) is 0 Å². The van der Waals surface area contributed by atoms with Gasteiger partial charge in [0.15, 0.2) is 0 Å². The van der Waals surface area contributed by atoms with Crippen molar-refractivity contribution in [3.63, 3.8) is 0 Å². The molecule has 0 aliphatic carbocycles. The van der Waals surface area contributed by atoms with E-state index in [9.17, 15) is 4.39 Å². The second kappa shape index (κ2) is 4.45. The summed E-state index contributed by atoms with van der Waals surface area (Å²) in [6, 6.07) is 7.76. The van der Waals surface area contributed by atoms with Gasteiger partial charge in [0, 0.05) is 11.4 Å². The lowest BCUT2D eigenvalue weighted by atomic mass is 10.1. The van der Waals surface area contributed by atoms with Crippen LogP contribution >= 0.6 is 0 Å². The minimum absolute atomic E-state index is 0.102. The molecule has 3 heteroatoms. The lowest BCUT2D eigenvalue weighted by molar-refractivity contribution is 0.389. The van der Waals surface area contributed by atoms with Crippen molar-refractivity contribution in [3.8, 4) is 0 Å². The Morgan fingerprint density at radius 3 is 3.00 bits per heavy atom. The molecule has 1 heterocycles. The van der Waals surface area contributed by atoms with Gasteiger partial charge in [0.05, 0.1) is 6.26 Å². The van der Waals surface area contributed by atoms with Crippen molar-refractivity contribution in [2.45, 2.75) is 12.5 Å². The van der Waals surface area contributed by atoms with Crippen LogP contribution < -0.4 is 5.32 Å². The number of rotatable bonds is 4. The predicted octanol–water partition coefficient (Wildman–Crippen LogP) is 2.53. The molecule has 0 saturated carbocycles. The Labute approximate surface area is 88.1 Å². The van der Waals surface area contributed by atoms with E-state index < -0.39 is 0 Å². The second-order valence-corrected chi connectivity index (χ2v) is 3.64. The molecule has 1 N–H and O–H groups in total. The predicted molar refractivity (Wildman–Crippen MR) is 58.7 cm³/mol. The van der Waals surface area contributed by atoms with E-state index in [2.05, 4.69) is 5.32 Å². The molecule has 0 aliphatic rings. The summed E-state index contributed by atoms with van der Waals surface area (Å²) in [5, 5.41) is 4.01. The number of hydrogen-bond acceptors (Lipinski definition) is 2. The fraction of sp³-hybridized carbons (Fsp3) is 0.333. The van der Waals surface area contributed by atoms with Crippen molar-refractivity contribution in [1.29, 1.82) is 0 Å². The molecule has 0 bridgehead atoms. The van der Waals surface area contributed by atoms with Gasteiger partial charge in [0.25, 0.3) is 0 Å². The molecule has 1 aromatic carbocycles. The number of nitrogens with one attached hydrogen (secondary N) is 1. The second-order valence-electron chi connectivity index (χ2n) is 3.64. The molecular formula is C12H14FNO. The zero-order valence-corrected chi connectivity index (χ0v) is 8.66. The van der Waals surface area contributed by atoms with Crippen molar-refractivity contribution in [2.75, 3.05) is 13.7 Å². The van der Waals surface area contributed by atoms with Crippen LogP contribution in [-0.2, 0) is 6.42 Å². The minimum Gasteiger partial charge on any atom is -0.464 e. The Bertz CT molecular complexity index is 434. The number of benzene rings is 1. The van der Waals surface area contributed by atoms with Crippen LogP contribution in [0.3, 0.4) is 0 Å². The van der Waals surface area contributed by atoms with Gasteiger partial charge in [-0.2, -0.15) is 0 Å². The number of fused-ring (bicyclic) bond motifs is 1. The number of likely N-dealkylation sites (N-methyl/N-ethyl adjacent to an activating group) is 1. The number of furan rings is 1. The van der Waals surface area contributed by atoms with Crippen LogP contribution in [0.15, 0.2) is 34.9 Å². The summed E-state index contributed by atoms with van der Waals surface area (Å²) in [5.41, 5.74) is 2.00. The first-order chi connectivity index (χ1) is 7.33. The van der Waals surface area contributed by atoms with E-state index in [1.807, 2.05) is 24.3 Å². The highest BCUT2D eigenvalue weighted by Gasteiger charge is 2.07. The van der Waals surface area contributed by atoms with Crippen LogP contribution in [0.4, 0.5) is 4.39 Å². The van der Waals surface area contributed by atoms with Crippen LogP contribution in [0.1, 0.15) is 5.56 Å². The van der Waals surface area contributed by atoms with Crippen molar-refractivity contribution in [3.05, 3.63) is 36.1 Å². The molecule has 0 saturated heterocycles. The zero-order valence-electron chi connectivity index (χ0n) is 8.66. The van der Waals surface area contributed by atoms with Crippen LogP contribution in [0.5, 0.6) is 0 Å². The maximum Gasteiger partial charge on any atom is 0.133 e. The molecular weight excluding hydrogens is 193 g/mol. The summed E-state index contributed by atoms with van der Waals surface area (Å²) in [4.78, 5) is 0. The van der Waals surface area contributed by atoms with Gasteiger partial charge < -0.3 is 9.73 Å². The third kappa shape index (κ3) is 2.18. The molecule has 2 nitrogen and oxygen atoms in total. The molecule has 1 atom stereocenters. The van der Waals surface area contributed by atoms with E-state index in [0.29, 0.717) is 6.42 Å². The summed E-state index contributed by atoms with van der Waals surface area (Å²) >= 11 is 0. The monoisotopic (exact) mass is 207 g/mol. The van der Waals surface area contributed by atoms with Crippen LogP contribution in [0.2, 0.25) is 0 Å². The van der Waals surface area contributed by atoms with Gasteiger partial charge >= 0.3 is 0 Å². The summed E-state index contributed by atoms with van der Waals surface area (Å²) in [6.07, 6.45) is 2.37. The van der Waals surface area contributed by atoms with Crippen LogP contribution in [-0.4, -0.2) is 19.8 Å². The Morgan fingerprint density at radius 2 is 2.27 bits per heavy atom. The first-order valence-electron chi connectivity index (χ1n) is 5.03. The highest BCUT2D eigenvalue weighted by atomic mass is 19.1. The van der Waals surface area contributed by atoms with Crippen molar-refractivity contribution < 1.29 is 8.81 Å². The van der Waals surface area contributed by atoms with E-state index in [-0.39, 0.29) is 12.7 Å². The lowest BCUT2D eigenvalue weighted by Crippen LogP contribution is -2.29. The third-order valence-electron chi connectivity index (χ3n) is 2.59. The van der Waals surface area contributed by atoms with Crippen LogP contribution in [0, 0.1) is 0 Å². The Balaban J connectivity index is 2.20. The maximum atomic E-state index is 12.5. The summed E-state index contributed by atoms with van der Waals surface area (Å²) in [5.74, 6) is 0. The number of halogens is 1. The van der Waals surface area contributed by atoms with Crippen molar-refractivity contribution in [1.82, 2.24) is 5.32 Å². The average Bonchev–Trinajstić information content (AvgIpc) is 2.73. The lowest BCUT2D eigenvalue weighted by Gasteiger charge is -2.11.